The minimum absolute atomic E-state index is 0.169. The average Bonchev–Trinajstić information content (AvgIpc) is 3.23. The van der Waals surface area contributed by atoms with E-state index in [1.807, 2.05) is 11.0 Å². The molecule has 0 spiro atoms. The molecule has 4 rings (SSSR count). The van der Waals surface area contributed by atoms with E-state index in [1.54, 1.807) is 0 Å². The molecule has 0 bridgehead atoms. The van der Waals surface area contributed by atoms with Crippen LogP contribution >= 0.6 is 0 Å². The first-order valence-electron chi connectivity index (χ1n) is 10.4. The lowest BCUT2D eigenvalue weighted by Gasteiger charge is -2.17. The molecule has 0 radical (unpaired) electrons. The van der Waals surface area contributed by atoms with E-state index in [0.717, 1.165) is 49.3 Å². The number of fused-ring (bicyclic) bond motifs is 1. The Morgan fingerprint density at radius 3 is 2.75 bits per heavy atom. The lowest BCUT2D eigenvalue weighted by atomic mass is 10.0. The number of aryl methyl sites for hydroxylation is 2. The van der Waals surface area contributed by atoms with E-state index in [2.05, 4.69) is 61.7 Å². The SMILES string of the molecule is CCCCN1CC(c2nc3ccccc3n2Cc2ccc(C)cc2C)CC1=O. The van der Waals surface area contributed by atoms with Gasteiger partial charge in [0.15, 0.2) is 0 Å². The van der Waals surface area contributed by atoms with Crippen molar-refractivity contribution >= 4 is 16.9 Å². The quantitative estimate of drug-likeness (QED) is 0.620. The van der Waals surface area contributed by atoms with Crippen LogP contribution in [0.4, 0.5) is 0 Å². The van der Waals surface area contributed by atoms with Crippen LogP contribution in [0.15, 0.2) is 42.5 Å². The van der Waals surface area contributed by atoms with Gasteiger partial charge in [-0.2, -0.15) is 0 Å². The van der Waals surface area contributed by atoms with E-state index < -0.39 is 0 Å². The molecule has 1 saturated heterocycles. The van der Waals surface area contributed by atoms with Crippen LogP contribution in [0.1, 0.15) is 54.6 Å². The number of amides is 1. The number of rotatable bonds is 6. The highest BCUT2D eigenvalue weighted by Gasteiger charge is 2.33. The molecule has 2 heterocycles. The van der Waals surface area contributed by atoms with Gasteiger partial charge >= 0.3 is 0 Å². The van der Waals surface area contributed by atoms with Gasteiger partial charge in [-0.05, 0) is 43.5 Å². The van der Waals surface area contributed by atoms with Crippen molar-refractivity contribution in [2.75, 3.05) is 13.1 Å². The largest absolute Gasteiger partial charge is 0.342 e. The third kappa shape index (κ3) is 3.56. The van der Waals surface area contributed by atoms with Gasteiger partial charge in [0.25, 0.3) is 0 Å². The summed E-state index contributed by atoms with van der Waals surface area (Å²) in [6, 6.07) is 14.9. The third-order valence-corrected chi connectivity index (χ3v) is 5.87. The summed E-state index contributed by atoms with van der Waals surface area (Å²) in [5.41, 5.74) is 6.06. The zero-order chi connectivity index (χ0) is 19.7. The molecule has 2 aromatic carbocycles. The van der Waals surface area contributed by atoms with E-state index in [-0.39, 0.29) is 11.8 Å². The van der Waals surface area contributed by atoms with Crippen molar-refractivity contribution in [2.24, 2.45) is 0 Å². The zero-order valence-electron chi connectivity index (χ0n) is 17.1. The Kier molecular flexibility index (Phi) is 5.21. The first-order valence-corrected chi connectivity index (χ1v) is 10.4. The molecule has 3 aromatic rings. The van der Waals surface area contributed by atoms with Gasteiger partial charge in [-0.3, -0.25) is 4.79 Å². The Hall–Kier alpha value is -2.62. The van der Waals surface area contributed by atoms with Crippen molar-refractivity contribution < 1.29 is 4.79 Å². The second kappa shape index (κ2) is 7.78. The number of likely N-dealkylation sites (tertiary alicyclic amines) is 1. The van der Waals surface area contributed by atoms with Gasteiger partial charge < -0.3 is 9.47 Å². The minimum Gasteiger partial charge on any atom is -0.342 e. The normalized spacial score (nSPS) is 17.0. The lowest BCUT2D eigenvalue weighted by Crippen LogP contribution is -2.26. The van der Waals surface area contributed by atoms with Gasteiger partial charge in [0.1, 0.15) is 5.82 Å². The molecule has 1 aliphatic heterocycles. The molecule has 0 aliphatic carbocycles. The standard InChI is InChI=1S/C24H29N3O/c1-4-5-12-26-15-20(14-23(26)28)24-25-21-8-6-7-9-22(21)27(24)16-19-11-10-17(2)13-18(19)3/h6-11,13,20H,4-5,12,14-16H2,1-3H3. The van der Waals surface area contributed by atoms with Crippen LogP contribution < -0.4 is 0 Å². The van der Waals surface area contributed by atoms with E-state index in [4.69, 9.17) is 4.98 Å². The Morgan fingerprint density at radius 2 is 1.96 bits per heavy atom. The van der Waals surface area contributed by atoms with Gasteiger partial charge in [0.05, 0.1) is 11.0 Å². The van der Waals surface area contributed by atoms with E-state index in [9.17, 15) is 4.79 Å². The summed E-state index contributed by atoms with van der Waals surface area (Å²) >= 11 is 0. The van der Waals surface area contributed by atoms with E-state index in [0.29, 0.717) is 6.42 Å². The minimum atomic E-state index is 0.169. The van der Waals surface area contributed by atoms with Gasteiger partial charge in [0, 0.05) is 32.0 Å². The summed E-state index contributed by atoms with van der Waals surface area (Å²) in [5.74, 6) is 1.49. The number of unbranched alkanes of at least 4 members (excludes halogenated alkanes) is 1. The van der Waals surface area contributed by atoms with Gasteiger partial charge in [-0.15, -0.1) is 0 Å². The number of hydrogen-bond donors (Lipinski definition) is 0. The molecule has 1 atom stereocenters. The van der Waals surface area contributed by atoms with Crippen LogP contribution in [0.3, 0.4) is 0 Å². The van der Waals surface area contributed by atoms with Crippen molar-refractivity contribution in [3.05, 3.63) is 65.0 Å². The molecule has 4 heteroatoms. The Balaban J connectivity index is 1.71. The Morgan fingerprint density at radius 1 is 1.14 bits per heavy atom. The molecular weight excluding hydrogens is 346 g/mol. The summed E-state index contributed by atoms with van der Waals surface area (Å²) < 4.78 is 2.33. The van der Waals surface area contributed by atoms with Crippen LogP contribution in [0.5, 0.6) is 0 Å². The van der Waals surface area contributed by atoms with Crippen LogP contribution in [0, 0.1) is 13.8 Å². The number of hydrogen-bond acceptors (Lipinski definition) is 2. The smallest absolute Gasteiger partial charge is 0.223 e. The maximum absolute atomic E-state index is 12.5. The molecule has 1 amide bonds. The number of nitrogens with zero attached hydrogens (tertiary/aromatic N) is 3. The molecule has 4 nitrogen and oxygen atoms in total. The van der Waals surface area contributed by atoms with E-state index >= 15 is 0 Å². The van der Waals surface area contributed by atoms with Crippen molar-refractivity contribution in [3.63, 3.8) is 0 Å². The summed E-state index contributed by atoms with van der Waals surface area (Å²) in [4.78, 5) is 19.5. The van der Waals surface area contributed by atoms with E-state index in [1.165, 1.54) is 16.7 Å². The van der Waals surface area contributed by atoms with Crippen molar-refractivity contribution in [1.82, 2.24) is 14.5 Å². The number of benzene rings is 2. The predicted molar refractivity (Wildman–Crippen MR) is 114 cm³/mol. The summed E-state index contributed by atoms with van der Waals surface area (Å²) in [5, 5.41) is 0. The number of imidazole rings is 1. The van der Waals surface area contributed by atoms with Crippen LogP contribution in [0.25, 0.3) is 11.0 Å². The highest BCUT2D eigenvalue weighted by atomic mass is 16.2. The number of carbonyl (C=O) groups is 1. The molecule has 1 aromatic heterocycles. The molecule has 1 unspecified atom stereocenters. The van der Waals surface area contributed by atoms with Crippen LogP contribution in [-0.4, -0.2) is 33.4 Å². The molecule has 28 heavy (non-hydrogen) atoms. The molecular formula is C24H29N3O. The predicted octanol–water partition coefficient (Wildman–Crippen LogP) is 4.82. The van der Waals surface area contributed by atoms with Crippen LogP contribution in [0.2, 0.25) is 0 Å². The maximum Gasteiger partial charge on any atom is 0.223 e. The number of carbonyl (C=O) groups excluding carboxylic acids is 1. The van der Waals surface area contributed by atoms with Crippen molar-refractivity contribution in [1.29, 1.82) is 0 Å². The lowest BCUT2D eigenvalue weighted by molar-refractivity contribution is -0.127. The second-order valence-corrected chi connectivity index (χ2v) is 8.07. The fourth-order valence-electron chi connectivity index (χ4n) is 4.28. The second-order valence-electron chi connectivity index (χ2n) is 8.07. The topological polar surface area (TPSA) is 38.1 Å². The van der Waals surface area contributed by atoms with Crippen LogP contribution in [-0.2, 0) is 11.3 Å². The summed E-state index contributed by atoms with van der Waals surface area (Å²) in [6.07, 6.45) is 2.75. The first-order chi connectivity index (χ1) is 13.6. The first kappa shape index (κ1) is 18.7. The molecule has 0 N–H and O–H groups in total. The van der Waals surface area contributed by atoms with Crippen molar-refractivity contribution in [2.45, 2.75) is 52.5 Å². The molecule has 1 aliphatic rings. The molecule has 0 saturated carbocycles. The summed E-state index contributed by atoms with van der Waals surface area (Å²) in [6.45, 7) is 8.91. The maximum atomic E-state index is 12.5. The van der Waals surface area contributed by atoms with Gasteiger partial charge in [-0.25, -0.2) is 4.98 Å². The Bertz CT molecular complexity index is 1000. The van der Waals surface area contributed by atoms with Gasteiger partial charge in [0.2, 0.25) is 5.91 Å². The fraction of sp³-hybridized carbons (Fsp3) is 0.417. The zero-order valence-corrected chi connectivity index (χ0v) is 17.1. The average molecular weight is 376 g/mol. The highest BCUT2D eigenvalue weighted by molar-refractivity contribution is 5.81. The Labute approximate surface area is 167 Å². The molecule has 1 fully saturated rings. The van der Waals surface area contributed by atoms with Crippen molar-refractivity contribution in [3.8, 4) is 0 Å². The monoisotopic (exact) mass is 375 g/mol. The summed E-state index contributed by atoms with van der Waals surface area (Å²) in [7, 11) is 0. The van der Waals surface area contributed by atoms with Gasteiger partial charge in [-0.1, -0.05) is 49.2 Å². The highest BCUT2D eigenvalue weighted by Crippen LogP contribution is 2.31. The molecule has 146 valence electrons. The fourth-order valence-corrected chi connectivity index (χ4v) is 4.28. The number of para-hydroxylation sites is 2. The third-order valence-electron chi connectivity index (χ3n) is 5.87. The number of aromatic nitrogens is 2.